The van der Waals surface area contributed by atoms with Crippen LogP contribution in [0.3, 0.4) is 0 Å². The molecule has 0 aliphatic carbocycles. The summed E-state index contributed by atoms with van der Waals surface area (Å²) in [6, 6.07) is 62.0. The smallest absolute Gasteiger partial charge is 0.149 e. The third-order valence-corrected chi connectivity index (χ3v) is 14.1. The fourth-order valence-corrected chi connectivity index (χ4v) is 10.1. The van der Waals surface area contributed by atoms with Crippen molar-refractivity contribution in [3.63, 3.8) is 0 Å². The molecule has 4 nitrogen and oxygen atoms in total. The maximum atomic E-state index is 12.9. The second-order valence-corrected chi connectivity index (χ2v) is 22.7. The van der Waals surface area contributed by atoms with E-state index in [1.54, 1.807) is 24.4 Å². The zero-order chi connectivity index (χ0) is 59.8. The molecule has 0 spiro atoms. The lowest BCUT2D eigenvalue weighted by Crippen LogP contribution is -2.17. The molecular weight excluding hydrogens is 899 g/mol. The fourth-order valence-electron chi connectivity index (χ4n) is 10.1. The Morgan fingerprint density at radius 2 is 0.986 bits per heavy atom. The second kappa shape index (κ2) is 18.9. The molecular formula is C70H69N3O. The zero-order valence-electron chi connectivity index (χ0n) is 52.8. The average Bonchev–Trinajstić information content (AvgIpc) is 2.89. The Morgan fingerprint density at radius 1 is 0.405 bits per heavy atom. The number of phenolic OH excluding ortho intramolecular Hbond substituents is 1. The predicted octanol–water partition coefficient (Wildman–Crippen LogP) is 19.0. The molecule has 0 aliphatic heterocycles. The minimum absolute atomic E-state index is 0.166. The number of aromatic hydroxyl groups is 1. The second-order valence-electron chi connectivity index (χ2n) is 22.7. The number of fused-ring (bicyclic) bond motifs is 1. The van der Waals surface area contributed by atoms with Gasteiger partial charge in [0.2, 0.25) is 0 Å². The van der Waals surface area contributed by atoms with Gasteiger partial charge in [-0.2, -0.15) is 0 Å². The monoisotopic (exact) mass is 977 g/mol. The van der Waals surface area contributed by atoms with E-state index in [1.807, 2.05) is 36.4 Å². The van der Waals surface area contributed by atoms with Crippen LogP contribution in [0.5, 0.6) is 5.75 Å². The van der Waals surface area contributed by atoms with E-state index in [-0.39, 0.29) is 22.1 Å². The summed E-state index contributed by atoms with van der Waals surface area (Å²) in [5.41, 5.74) is 12.2. The predicted molar refractivity (Wildman–Crippen MR) is 313 cm³/mol. The van der Waals surface area contributed by atoms with Crippen molar-refractivity contribution in [1.29, 1.82) is 0 Å². The van der Waals surface area contributed by atoms with Gasteiger partial charge in [0.1, 0.15) is 11.6 Å². The van der Waals surface area contributed by atoms with Crippen LogP contribution in [0.1, 0.15) is 117 Å². The fraction of sp³-hybridized carbons (Fsp3) is 0.229. The van der Waals surface area contributed by atoms with Gasteiger partial charge in [-0.3, -0.25) is 9.55 Å². The lowest BCUT2D eigenvalue weighted by molar-refractivity contribution is 0.446. The Balaban J connectivity index is 1.25. The van der Waals surface area contributed by atoms with Crippen LogP contribution in [0.25, 0.3) is 95.0 Å². The minimum atomic E-state index is -3.38. The Hall–Kier alpha value is -7.82. The number of hydrogen-bond acceptors (Lipinski definition) is 3. The molecule has 0 radical (unpaired) electrons. The van der Waals surface area contributed by atoms with Crippen LogP contribution in [0, 0.1) is 0 Å². The van der Waals surface area contributed by atoms with Crippen molar-refractivity contribution in [2.75, 3.05) is 0 Å². The number of aromatic nitrogens is 3. The summed E-state index contributed by atoms with van der Waals surface area (Å²) < 4.78 is 76.8. The lowest BCUT2D eigenvalue weighted by Gasteiger charge is -2.28. The Bertz CT molecular complexity index is 3990. The normalized spacial score (nSPS) is 14.7. The summed E-state index contributed by atoms with van der Waals surface area (Å²) in [7, 11) is 0. The minimum Gasteiger partial charge on any atom is -0.507 e. The van der Waals surface area contributed by atoms with Crippen molar-refractivity contribution in [2.45, 2.75) is 105 Å². The first-order valence-electron chi connectivity index (χ1n) is 29.9. The summed E-state index contributed by atoms with van der Waals surface area (Å²) in [6.45, 7) is 9.55. The molecule has 10 aromatic rings. The van der Waals surface area contributed by atoms with E-state index in [4.69, 9.17) is 22.3 Å². The highest BCUT2D eigenvalue weighted by atomic mass is 16.3. The van der Waals surface area contributed by atoms with Gasteiger partial charge < -0.3 is 5.11 Å². The van der Waals surface area contributed by atoms with Gasteiger partial charge in [-0.25, -0.2) is 4.98 Å². The van der Waals surface area contributed by atoms with Gasteiger partial charge >= 0.3 is 0 Å². The van der Waals surface area contributed by atoms with E-state index in [9.17, 15) is 5.11 Å². The molecule has 1 N–H and O–H groups in total. The van der Waals surface area contributed by atoms with Gasteiger partial charge in [0.05, 0.1) is 28.0 Å². The SMILES string of the molecule is [2H]C([2H])([2H])C(c1ccc(-c2ccnc(-c3cc(-c4ccccc4)cc(-c4cccc5c4nc(-c4cc(C(C)(C)C)cc(C(C)(C)C)c4O)n5-c4cc(-c5ccccc5)c(C(C)(C)C)cc4-c4ccccc4)c3)c2)cc1)(C([2H])([2H])[2H])C([2H])([2H])[2H]. The van der Waals surface area contributed by atoms with Crippen molar-refractivity contribution in [3.8, 4) is 89.7 Å². The van der Waals surface area contributed by atoms with Crippen LogP contribution in [0.15, 0.2) is 194 Å². The van der Waals surface area contributed by atoms with Gasteiger partial charge in [0, 0.05) is 40.8 Å². The molecule has 2 heterocycles. The Morgan fingerprint density at radius 3 is 1.59 bits per heavy atom. The van der Waals surface area contributed by atoms with Gasteiger partial charge in [-0.1, -0.05) is 216 Å². The molecule has 10 rings (SSSR count). The zero-order valence-corrected chi connectivity index (χ0v) is 43.8. The summed E-state index contributed by atoms with van der Waals surface area (Å²) in [6.07, 6.45) is 1.68. The van der Waals surface area contributed by atoms with Gasteiger partial charge in [-0.05, 0) is 137 Å². The van der Waals surface area contributed by atoms with E-state index in [2.05, 4.69) is 188 Å². The Labute approximate surface area is 452 Å². The van der Waals surface area contributed by atoms with Crippen molar-refractivity contribution >= 4 is 11.0 Å². The molecule has 0 saturated heterocycles. The highest BCUT2D eigenvalue weighted by Crippen LogP contribution is 2.48. The first-order valence-corrected chi connectivity index (χ1v) is 25.4. The number of benzene rings is 8. The molecule has 0 saturated carbocycles. The van der Waals surface area contributed by atoms with Crippen molar-refractivity contribution in [3.05, 3.63) is 217 Å². The third kappa shape index (κ3) is 9.74. The molecule has 0 amide bonds. The van der Waals surface area contributed by atoms with Crippen LogP contribution >= 0.6 is 0 Å². The molecule has 0 fully saturated rings. The number of para-hydroxylation sites is 1. The number of pyridine rings is 1. The van der Waals surface area contributed by atoms with Crippen LogP contribution < -0.4 is 0 Å². The number of rotatable bonds is 8. The molecule has 2 aromatic heterocycles. The summed E-state index contributed by atoms with van der Waals surface area (Å²) in [4.78, 5) is 10.7. The maximum Gasteiger partial charge on any atom is 0.149 e. The molecule has 4 heteroatoms. The third-order valence-electron chi connectivity index (χ3n) is 14.1. The van der Waals surface area contributed by atoms with Gasteiger partial charge in [-0.15, -0.1) is 0 Å². The molecule has 370 valence electrons. The van der Waals surface area contributed by atoms with Crippen LogP contribution in [0.2, 0.25) is 0 Å². The largest absolute Gasteiger partial charge is 0.507 e. The van der Waals surface area contributed by atoms with E-state index in [1.165, 1.54) is 17.7 Å². The standard InChI is InChI=1S/C70H69N3O/c1-67(2,3)53-33-31-46(32-34-53)49-35-36-71-61(40-49)52-38-50(45-23-16-13-17-24-45)37-51(39-52)55-29-22-30-62-64(55)72-66(58-41-54(68(4,5)6)42-60(65(58)74)70(10,11)12)73(62)63-44-56(47-25-18-14-19-26-47)59(69(7,8)9)43-57(63)48-27-20-15-21-28-48/h13-44,74H,1-12H3/i1D3,2D3,3D3. The van der Waals surface area contributed by atoms with Gasteiger partial charge in [0.25, 0.3) is 0 Å². The molecule has 0 aliphatic rings. The number of nitrogens with zero attached hydrogens (tertiary/aromatic N) is 3. The summed E-state index contributed by atoms with van der Waals surface area (Å²) in [5, 5.41) is 12.9. The van der Waals surface area contributed by atoms with Crippen LogP contribution in [0.4, 0.5) is 0 Å². The summed E-state index contributed by atoms with van der Waals surface area (Å²) >= 11 is 0. The first kappa shape index (κ1) is 39.7. The first-order chi connectivity index (χ1) is 38.9. The maximum absolute atomic E-state index is 12.9. The Kier molecular flexibility index (Phi) is 10.1. The van der Waals surface area contributed by atoms with E-state index in [0.717, 1.165) is 72.4 Å². The topological polar surface area (TPSA) is 50.9 Å². The van der Waals surface area contributed by atoms with Crippen molar-refractivity contribution < 1.29 is 17.4 Å². The van der Waals surface area contributed by atoms with E-state index < -0.39 is 31.4 Å². The highest BCUT2D eigenvalue weighted by molar-refractivity contribution is 5.99. The molecule has 0 atom stereocenters. The van der Waals surface area contributed by atoms with Crippen molar-refractivity contribution in [1.82, 2.24) is 14.5 Å². The molecule has 8 aromatic carbocycles. The highest BCUT2D eigenvalue weighted by Gasteiger charge is 2.31. The van der Waals surface area contributed by atoms with Gasteiger partial charge in [0.15, 0.2) is 0 Å². The molecule has 0 bridgehead atoms. The van der Waals surface area contributed by atoms with Crippen LogP contribution in [-0.4, -0.2) is 19.6 Å². The van der Waals surface area contributed by atoms with Crippen molar-refractivity contribution in [2.24, 2.45) is 0 Å². The summed E-state index contributed by atoms with van der Waals surface area (Å²) in [5.74, 6) is 0.745. The number of imidazole rings is 1. The van der Waals surface area contributed by atoms with E-state index in [0.29, 0.717) is 33.7 Å². The average molecular weight is 977 g/mol. The van der Waals surface area contributed by atoms with Crippen LogP contribution in [-0.2, 0) is 21.7 Å². The number of hydrogen-bond donors (Lipinski definition) is 1. The quantitative estimate of drug-likeness (QED) is 0.165. The molecule has 0 unspecified atom stereocenters. The lowest BCUT2D eigenvalue weighted by atomic mass is 9.78. The molecule has 74 heavy (non-hydrogen) atoms. The number of phenols is 1. The van der Waals surface area contributed by atoms with E-state index >= 15 is 0 Å².